The predicted molar refractivity (Wildman–Crippen MR) is 89.2 cm³/mol. The molecule has 0 radical (unpaired) electrons. The molecule has 26 heavy (non-hydrogen) atoms. The lowest BCUT2D eigenvalue weighted by Gasteiger charge is -2.11. The van der Waals surface area contributed by atoms with Crippen molar-refractivity contribution in [2.24, 2.45) is 0 Å². The van der Waals surface area contributed by atoms with Crippen LogP contribution in [0.4, 0.5) is 18.9 Å². The third-order valence-corrected chi connectivity index (χ3v) is 5.20. The maximum absolute atomic E-state index is 12.5. The van der Waals surface area contributed by atoms with Crippen LogP contribution in [0.5, 0.6) is 0 Å². The zero-order chi connectivity index (χ0) is 18.9. The first-order chi connectivity index (χ1) is 12.1. The van der Waals surface area contributed by atoms with Crippen LogP contribution in [0.2, 0.25) is 0 Å². The van der Waals surface area contributed by atoms with Gasteiger partial charge < -0.3 is 5.32 Å². The van der Waals surface area contributed by atoms with Crippen LogP contribution < -0.4 is 10.0 Å². The molecule has 138 valence electrons. The number of anilines is 1. The van der Waals surface area contributed by atoms with E-state index in [1.165, 1.54) is 24.3 Å². The Morgan fingerprint density at radius 3 is 2.04 bits per heavy atom. The minimum absolute atomic E-state index is 0.00792. The highest BCUT2D eigenvalue weighted by Gasteiger charge is 2.30. The van der Waals surface area contributed by atoms with Gasteiger partial charge in [0.1, 0.15) is 0 Å². The molecule has 1 saturated carbocycles. The lowest BCUT2D eigenvalue weighted by molar-refractivity contribution is -0.137. The molecule has 0 heterocycles. The SMILES string of the molecule is O=C(NC1CC1)c1ccc(S(=O)(=O)Nc2ccc(C(F)(F)F)cc2)cc1. The monoisotopic (exact) mass is 384 g/mol. The Hall–Kier alpha value is -2.55. The van der Waals surface area contributed by atoms with Crippen molar-refractivity contribution in [2.45, 2.75) is 30.0 Å². The van der Waals surface area contributed by atoms with E-state index in [9.17, 15) is 26.4 Å². The molecular formula is C17H15F3N2O3S. The molecule has 5 nitrogen and oxygen atoms in total. The third kappa shape index (κ3) is 4.34. The van der Waals surface area contributed by atoms with Gasteiger partial charge in [-0.25, -0.2) is 8.42 Å². The average Bonchev–Trinajstić information content (AvgIpc) is 3.38. The fourth-order valence-corrected chi connectivity index (χ4v) is 3.28. The highest BCUT2D eigenvalue weighted by atomic mass is 32.2. The van der Waals surface area contributed by atoms with E-state index in [0.717, 1.165) is 37.1 Å². The average molecular weight is 384 g/mol. The smallest absolute Gasteiger partial charge is 0.349 e. The zero-order valence-electron chi connectivity index (χ0n) is 13.4. The first-order valence-corrected chi connectivity index (χ1v) is 9.24. The number of carbonyl (C=O) groups excluding carboxylic acids is 1. The maximum atomic E-state index is 12.5. The van der Waals surface area contributed by atoms with Crippen LogP contribution in [-0.4, -0.2) is 20.4 Å². The van der Waals surface area contributed by atoms with E-state index in [1.807, 2.05) is 0 Å². The van der Waals surface area contributed by atoms with Gasteiger partial charge in [0, 0.05) is 17.3 Å². The number of rotatable bonds is 5. The molecule has 1 amide bonds. The minimum atomic E-state index is -4.49. The van der Waals surface area contributed by atoms with E-state index in [2.05, 4.69) is 10.0 Å². The first-order valence-electron chi connectivity index (χ1n) is 7.76. The fraction of sp³-hybridized carbons (Fsp3) is 0.235. The Kier molecular flexibility index (Phi) is 4.66. The van der Waals surface area contributed by atoms with Crippen molar-refractivity contribution < 1.29 is 26.4 Å². The zero-order valence-corrected chi connectivity index (χ0v) is 14.2. The number of alkyl halides is 3. The summed E-state index contributed by atoms with van der Waals surface area (Å²) in [5, 5.41) is 2.79. The molecule has 2 aromatic rings. The molecule has 0 aliphatic heterocycles. The van der Waals surface area contributed by atoms with Gasteiger partial charge >= 0.3 is 6.18 Å². The van der Waals surface area contributed by atoms with Crippen LogP contribution in [0.3, 0.4) is 0 Å². The van der Waals surface area contributed by atoms with Gasteiger partial charge in [-0.2, -0.15) is 13.2 Å². The van der Waals surface area contributed by atoms with Crippen LogP contribution in [0.25, 0.3) is 0 Å². The van der Waals surface area contributed by atoms with Crippen molar-refractivity contribution in [2.75, 3.05) is 4.72 Å². The van der Waals surface area contributed by atoms with Crippen LogP contribution >= 0.6 is 0 Å². The van der Waals surface area contributed by atoms with Crippen LogP contribution in [0.15, 0.2) is 53.4 Å². The summed E-state index contributed by atoms with van der Waals surface area (Å²) in [7, 11) is -3.98. The summed E-state index contributed by atoms with van der Waals surface area (Å²) in [5.41, 5.74) is -0.523. The molecule has 1 fully saturated rings. The van der Waals surface area contributed by atoms with Crippen LogP contribution in [-0.2, 0) is 16.2 Å². The topological polar surface area (TPSA) is 75.3 Å². The van der Waals surface area contributed by atoms with Crippen molar-refractivity contribution in [1.29, 1.82) is 0 Å². The molecule has 1 aliphatic carbocycles. The number of halogens is 3. The number of sulfonamides is 1. The molecule has 2 aromatic carbocycles. The number of hydrogen-bond acceptors (Lipinski definition) is 3. The Morgan fingerprint density at radius 2 is 1.54 bits per heavy atom. The molecule has 1 aliphatic rings. The van der Waals surface area contributed by atoms with Crippen LogP contribution in [0, 0.1) is 0 Å². The summed E-state index contributed by atoms with van der Waals surface area (Å²) in [6, 6.07) is 9.18. The standard InChI is InChI=1S/C17H15F3N2O3S/c18-17(19,20)12-3-5-14(6-4-12)22-26(24,25)15-9-1-11(2-10-15)16(23)21-13-7-8-13/h1-6,9-10,13,22H,7-8H2,(H,21,23). The van der Waals surface area contributed by atoms with E-state index in [0.29, 0.717) is 5.56 Å². The van der Waals surface area contributed by atoms with Gasteiger partial charge in [0.25, 0.3) is 15.9 Å². The minimum Gasteiger partial charge on any atom is -0.349 e. The van der Waals surface area contributed by atoms with Crippen molar-refractivity contribution in [1.82, 2.24) is 5.32 Å². The third-order valence-electron chi connectivity index (χ3n) is 3.80. The van der Waals surface area contributed by atoms with Crippen molar-refractivity contribution >= 4 is 21.6 Å². The summed E-state index contributed by atoms with van der Waals surface area (Å²) in [4.78, 5) is 11.8. The molecule has 0 saturated heterocycles. The quantitative estimate of drug-likeness (QED) is 0.830. The molecule has 2 N–H and O–H groups in total. The van der Waals surface area contributed by atoms with Gasteiger partial charge in [-0.3, -0.25) is 9.52 Å². The number of amides is 1. The molecular weight excluding hydrogens is 369 g/mol. The Labute approximate surface area is 148 Å². The van der Waals surface area contributed by atoms with Crippen molar-refractivity contribution in [3.63, 3.8) is 0 Å². The molecule has 3 rings (SSSR count). The van der Waals surface area contributed by atoms with Gasteiger partial charge in [-0.1, -0.05) is 0 Å². The fourth-order valence-electron chi connectivity index (χ4n) is 2.22. The maximum Gasteiger partial charge on any atom is 0.416 e. The van der Waals surface area contributed by atoms with E-state index >= 15 is 0 Å². The summed E-state index contributed by atoms with van der Waals surface area (Å²) in [5.74, 6) is -0.271. The van der Waals surface area contributed by atoms with E-state index in [1.54, 1.807) is 0 Å². The van der Waals surface area contributed by atoms with Gasteiger partial charge in [0.05, 0.1) is 10.5 Å². The number of nitrogens with one attached hydrogen (secondary N) is 2. The molecule has 9 heteroatoms. The highest BCUT2D eigenvalue weighted by Crippen LogP contribution is 2.30. The van der Waals surface area contributed by atoms with Crippen molar-refractivity contribution in [3.8, 4) is 0 Å². The van der Waals surface area contributed by atoms with E-state index in [-0.39, 0.29) is 22.5 Å². The van der Waals surface area contributed by atoms with Crippen LogP contribution in [0.1, 0.15) is 28.8 Å². The second-order valence-corrected chi connectivity index (χ2v) is 7.64. The predicted octanol–water partition coefficient (Wildman–Crippen LogP) is 3.40. The van der Waals surface area contributed by atoms with E-state index < -0.39 is 21.8 Å². The lowest BCUT2D eigenvalue weighted by Crippen LogP contribution is -2.25. The Balaban J connectivity index is 1.72. The number of hydrogen-bond donors (Lipinski definition) is 2. The van der Waals surface area contributed by atoms with E-state index in [4.69, 9.17) is 0 Å². The van der Waals surface area contributed by atoms with Gasteiger partial charge in [0.15, 0.2) is 0 Å². The summed E-state index contributed by atoms with van der Waals surface area (Å²) < 4.78 is 64.5. The molecule has 0 aromatic heterocycles. The summed E-state index contributed by atoms with van der Waals surface area (Å²) >= 11 is 0. The normalized spacial score (nSPS) is 14.7. The summed E-state index contributed by atoms with van der Waals surface area (Å²) in [6.45, 7) is 0. The number of carbonyl (C=O) groups is 1. The summed E-state index contributed by atoms with van der Waals surface area (Å²) in [6.07, 6.45) is -2.61. The Morgan fingerprint density at radius 1 is 0.962 bits per heavy atom. The van der Waals surface area contributed by atoms with Crippen molar-refractivity contribution in [3.05, 3.63) is 59.7 Å². The van der Waals surface area contributed by atoms with Gasteiger partial charge in [-0.05, 0) is 61.4 Å². The molecule has 0 bridgehead atoms. The second kappa shape index (κ2) is 6.64. The van der Waals surface area contributed by atoms with Gasteiger partial charge in [-0.15, -0.1) is 0 Å². The second-order valence-electron chi connectivity index (χ2n) is 5.95. The highest BCUT2D eigenvalue weighted by molar-refractivity contribution is 7.92. The molecule has 0 atom stereocenters. The first kappa shape index (κ1) is 18.2. The van der Waals surface area contributed by atoms with Gasteiger partial charge in [0.2, 0.25) is 0 Å². The lowest BCUT2D eigenvalue weighted by atomic mass is 10.2. The largest absolute Gasteiger partial charge is 0.416 e. The number of benzene rings is 2. The Bertz CT molecular complexity index is 904. The molecule has 0 spiro atoms. The molecule has 0 unspecified atom stereocenters.